The highest BCUT2D eigenvalue weighted by atomic mass is 16.5. The van der Waals surface area contributed by atoms with Gasteiger partial charge in [-0.05, 0) is 30.7 Å². The molecule has 2 N–H and O–H groups in total. The van der Waals surface area contributed by atoms with Crippen LogP contribution >= 0.6 is 0 Å². The Kier molecular flexibility index (Phi) is 8.72. The van der Waals surface area contributed by atoms with E-state index < -0.39 is 0 Å². The molecule has 0 aliphatic carbocycles. The summed E-state index contributed by atoms with van der Waals surface area (Å²) in [5, 5.41) is 5.37. The van der Waals surface area contributed by atoms with E-state index in [2.05, 4.69) is 17.6 Å². The number of benzene rings is 1. The van der Waals surface area contributed by atoms with Crippen LogP contribution < -0.4 is 15.4 Å². The number of nitrogens with one attached hydrogen (secondary N) is 2. The molecule has 22 heavy (non-hydrogen) atoms. The monoisotopic (exact) mass is 306 g/mol. The summed E-state index contributed by atoms with van der Waals surface area (Å²) in [5.41, 5.74) is 0.584. The third-order valence-corrected chi connectivity index (χ3v) is 3.17. The molecule has 1 rings (SSSR count). The van der Waals surface area contributed by atoms with Gasteiger partial charge in [0, 0.05) is 25.6 Å². The number of hydrogen-bond acceptors (Lipinski definition) is 3. The third-order valence-electron chi connectivity index (χ3n) is 3.17. The first-order valence-electron chi connectivity index (χ1n) is 7.89. The van der Waals surface area contributed by atoms with Crippen molar-refractivity contribution >= 4 is 11.8 Å². The summed E-state index contributed by atoms with van der Waals surface area (Å²) in [7, 11) is 0. The van der Waals surface area contributed by atoms with Crippen molar-refractivity contribution in [2.75, 3.05) is 19.7 Å². The van der Waals surface area contributed by atoms with E-state index in [0.29, 0.717) is 25.3 Å². The standard InChI is InChI=1S/C17H26N2O3/c1-3-4-5-6-13-22-16-9-7-15(8-10-16)17(21)19-12-11-18-14(2)20/h7-10H,3-6,11-13H2,1-2H3,(H,18,20)(H,19,21). The van der Waals surface area contributed by atoms with E-state index in [-0.39, 0.29) is 11.8 Å². The lowest BCUT2D eigenvalue weighted by atomic mass is 10.2. The van der Waals surface area contributed by atoms with Crippen LogP contribution in [0, 0.1) is 0 Å². The maximum atomic E-state index is 11.9. The van der Waals surface area contributed by atoms with Crippen molar-refractivity contribution in [2.24, 2.45) is 0 Å². The van der Waals surface area contributed by atoms with Gasteiger partial charge >= 0.3 is 0 Å². The maximum absolute atomic E-state index is 11.9. The zero-order valence-corrected chi connectivity index (χ0v) is 13.5. The Balaban J connectivity index is 2.28. The van der Waals surface area contributed by atoms with Gasteiger partial charge in [0.15, 0.2) is 0 Å². The molecule has 5 heteroatoms. The molecule has 0 aromatic heterocycles. The van der Waals surface area contributed by atoms with Gasteiger partial charge in [-0.2, -0.15) is 0 Å². The highest BCUT2D eigenvalue weighted by Gasteiger charge is 2.05. The lowest BCUT2D eigenvalue weighted by Gasteiger charge is -2.08. The predicted molar refractivity (Wildman–Crippen MR) is 87.1 cm³/mol. The van der Waals surface area contributed by atoms with E-state index >= 15 is 0 Å². The Bertz CT molecular complexity index is 457. The summed E-state index contributed by atoms with van der Waals surface area (Å²) in [6, 6.07) is 7.11. The molecule has 0 heterocycles. The number of unbranched alkanes of at least 4 members (excludes halogenated alkanes) is 3. The highest BCUT2D eigenvalue weighted by molar-refractivity contribution is 5.94. The Labute approximate surface area is 132 Å². The number of carbonyl (C=O) groups is 2. The van der Waals surface area contributed by atoms with Crippen molar-refractivity contribution in [3.8, 4) is 5.75 Å². The van der Waals surface area contributed by atoms with Crippen molar-refractivity contribution in [1.29, 1.82) is 0 Å². The van der Waals surface area contributed by atoms with Gasteiger partial charge in [0.05, 0.1) is 6.61 Å². The molecule has 0 radical (unpaired) electrons. The van der Waals surface area contributed by atoms with Gasteiger partial charge < -0.3 is 15.4 Å². The second-order valence-corrected chi connectivity index (χ2v) is 5.17. The summed E-state index contributed by atoms with van der Waals surface area (Å²) < 4.78 is 5.63. The van der Waals surface area contributed by atoms with E-state index in [9.17, 15) is 9.59 Å². The molecule has 0 fully saturated rings. The Morgan fingerprint density at radius 2 is 1.68 bits per heavy atom. The first kappa shape index (κ1) is 18.0. The minimum absolute atomic E-state index is 0.102. The number of rotatable bonds is 10. The molecule has 0 aliphatic heterocycles. The van der Waals surface area contributed by atoms with Crippen LogP contribution in [0.3, 0.4) is 0 Å². The zero-order valence-electron chi connectivity index (χ0n) is 13.5. The average molecular weight is 306 g/mol. The fourth-order valence-corrected chi connectivity index (χ4v) is 1.94. The first-order chi connectivity index (χ1) is 10.6. The number of amides is 2. The molecule has 0 saturated heterocycles. The van der Waals surface area contributed by atoms with Crippen molar-refractivity contribution in [3.05, 3.63) is 29.8 Å². The minimum Gasteiger partial charge on any atom is -0.494 e. The quantitative estimate of drug-likeness (QED) is 0.653. The molecule has 122 valence electrons. The lowest BCUT2D eigenvalue weighted by Crippen LogP contribution is -2.33. The number of carbonyl (C=O) groups excluding carboxylic acids is 2. The molecule has 1 aromatic carbocycles. The van der Waals surface area contributed by atoms with Gasteiger partial charge in [0.2, 0.25) is 5.91 Å². The van der Waals surface area contributed by atoms with Crippen LogP contribution in [0.5, 0.6) is 5.75 Å². The van der Waals surface area contributed by atoms with Gasteiger partial charge in [-0.25, -0.2) is 0 Å². The van der Waals surface area contributed by atoms with Crippen molar-refractivity contribution < 1.29 is 14.3 Å². The highest BCUT2D eigenvalue weighted by Crippen LogP contribution is 2.13. The molecule has 2 amide bonds. The second kappa shape index (κ2) is 10.7. The Morgan fingerprint density at radius 3 is 2.32 bits per heavy atom. The summed E-state index contributed by atoms with van der Waals surface area (Å²) in [5.74, 6) is 0.529. The lowest BCUT2D eigenvalue weighted by molar-refractivity contribution is -0.118. The summed E-state index contributed by atoms with van der Waals surface area (Å²) in [6.07, 6.45) is 4.69. The van der Waals surface area contributed by atoms with E-state index in [1.807, 2.05) is 12.1 Å². The van der Waals surface area contributed by atoms with Crippen LogP contribution in [0.25, 0.3) is 0 Å². The molecule has 5 nitrogen and oxygen atoms in total. The van der Waals surface area contributed by atoms with E-state index in [0.717, 1.165) is 12.2 Å². The zero-order chi connectivity index (χ0) is 16.2. The Morgan fingerprint density at radius 1 is 1.00 bits per heavy atom. The van der Waals surface area contributed by atoms with E-state index in [4.69, 9.17) is 4.74 Å². The van der Waals surface area contributed by atoms with Crippen LogP contribution in [0.1, 0.15) is 49.9 Å². The smallest absolute Gasteiger partial charge is 0.251 e. The molecule has 0 bridgehead atoms. The van der Waals surface area contributed by atoms with Crippen LogP contribution in [0.2, 0.25) is 0 Å². The summed E-state index contributed by atoms with van der Waals surface area (Å²) in [6.45, 7) is 5.18. The fraction of sp³-hybridized carbons (Fsp3) is 0.529. The summed E-state index contributed by atoms with van der Waals surface area (Å²) >= 11 is 0. The number of ether oxygens (including phenoxy) is 1. The molecular formula is C17H26N2O3. The van der Waals surface area contributed by atoms with E-state index in [1.165, 1.54) is 26.2 Å². The normalized spacial score (nSPS) is 10.1. The first-order valence-corrected chi connectivity index (χ1v) is 7.89. The van der Waals surface area contributed by atoms with Crippen molar-refractivity contribution in [1.82, 2.24) is 10.6 Å². The van der Waals surface area contributed by atoms with Gasteiger partial charge in [-0.3, -0.25) is 9.59 Å². The molecular weight excluding hydrogens is 280 g/mol. The van der Waals surface area contributed by atoms with Crippen molar-refractivity contribution in [3.63, 3.8) is 0 Å². The SMILES string of the molecule is CCCCCCOc1ccc(C(=O)NCCNC(C)=O)cc1. The third kappa shape index (κ3) is 7.67. The van der Waals surface area contributed by atoms with Gasteiger partial charge in [-0.15, -0.1) is 0 Å². The predicted octanol–water partition coefficient (Wildman–Crippen LogP) is 2.51. The van der Waals surface area contributed by atoms with Crippen LogP contribution in [-0.4, -0.2) is 31.5 Å². The molecule has 0 atom stereocenters. The molecule has 0 saturated carbocycles. The molecule has 0 unspecified atom stereocenters. The van der Waals surface area contributed by atoms with Crippen molar-refractivity contribution in [2.45, 2.75) is 39.5 Å². The molecule has 1 aromatic rings. The topological polar surface area (TPSA) is 67.4 Å². The fourth-order valence-electron chi connectivity index (χ4n) is 1.94. The Hall–Kier alpha value is -2.04. The molecule has 0 aliphatic rings. The minimum atomic E-state index is -0.153. The summed E-state index contributed by atoms with van der Waals surface area (Å²) in [4.78, 5) is 22.6. The average Bonchev–Trinajstić information content (AvgIpc) is 2.51. The molecule has 0 spiro atoms. The van der Waals surface area contributed by atoms with Gasteiger partial charge in [-0.1, -0.05) is 26.2 Å². The van der Waals surface area contributed by atoms with Crippen LogP contribution in [0.15, 0.2) is 24.3 Å². The largest absolute Gasteiger partial charge is 0.494 e. The van der Waals surface area contributed by atoms with Gasteiger partial charge in [0.25, 0.3) is 5.91 Å². The maximum Gasteiger partial charge on any atom is 0.251 e. The van der Waals surface area contributed by atoms with Crippen LogP contribution in [0.4, 0.5) is 0 Å². The second-order valence-electron chi connectivity index (χ2n) is 5.17. The van der Waals surface area contributed by atoms with E-state index in [1.54, 1.807) is 12.1 Å². The number of hydrogen-bond donors (Lipinski definition) is 2. The van der Waals surface area contributed by atoms with Gasteiger partial charge in [0.1, 0.15) is 5.75 Å². The van der Waals surface area contributed by atoms with Crippen LogP contribution in [-0.2, 0) is 4.79 Å².